The number of hydrogen-bond donors (Lipinski definition) is 1. The van der Waals surface area contributed by atoms with Gasteiger partial charge in [0.1, 0.15) is 0 Å². The molecule has 1 aromatic rings. The zero-order valence-corrected chi connectivity index (χ0v) is 11.4. The topological polar surface area (TPSA) is 21.3 Å². The molecule has 0 atom stereocenters. The van der Waals surface area contributed by atoms with E-state index < -0.39 is 0 Å². The molecule has 2 nitrogen and oxygen atoms in total. The highest BCUT2D eigenvalue weighted by Gasteiger charge is 2.22. The van der Waals surface area contributed by atoms with E-state index in [2.05, 4.69) is 25.2 Å². The fraction of sp³-hybridized carbons (Fsp3) is 0.600. The van der Waals surface area contributed by atoms with Crippen molar-refractivity contribution < 1.29 is 9.13 Å². The Kier molecular flexibility index (Phi) is 4.23. The van der Waals surface area contributed by atoms with E-state index in [4.69, 9.17) is 4.74 Å². The van der Waals surface area contributed by atoms with Crippen molar-refractivity contribution in [1.82, 2.24) is 5.32 Å². The Hall–Kier alpha value is -1.09. The van der Waals surface area contributed by atoms with Gasteiger partial charge < -0.3 is 10.1 Å². The lowest BCUT2D eigenvalue weighted by Crippen LogP contribution is -2.27. The molecule has 0 amide bonds. The minimum absolute atomic E-state index is 0.225. The maximum atomic E-state index is 14.1. The molecule has 0 aliphatic carbocycles. The van der Waals surface area contributed by atoms with Crippen LogP contribution in [-0.2, 0) is 0 Å². The fourth-order valence-corrected chi connectivity index (χ4v) is 2.62. The molecule has 0 aromatic heterocycles. The van der Waals surface area contributed by atoms with Crippen molar-refractivity contribution in [2.75, 3.05) is 20.2 Å². The Morgan fingerprint density at radius 1 is 1.28 bits per heavy atom. The summed E-state index contributed by atoms with van der Waals surface area (Å²) >= 11 is 0. The predicted molar refractivity (Wildman–Crippen MR) is 71.9 cm³/mol. The second-order valence-electron chi connectivity index (χ2n) is 5.30. The highest BCUT2D eigenvalue weighted by atomic mass is 19.1. The average molecular weight is 251 g/mol. The van der Waals surface area contributed by atoms with Crippen LogP contribution in [-0.4, -0.2) is 20.2 Å². The minimum Gasteiger partial charge on any atom is -0.493 e. The van der Waals surface area contributed by atoms with E-state index in [0.29, 0.717) is 17.6 Å². The molecule has 1 fully saturated rings. The zero-order valence-electron chi connectivity index (χ0n) is 11.4. The van der Waals surface area contributed by atoms with Gasteiger partial charge in [0.25, 0.3) is 0 Å². The number of piperidine rings is 1. The number of benzene rings is 1. The monoisotopic (exact) mass is 251 g/mol. The molecule has 2 rings (SSSR count). The Balaban J connectivity index is 2.41. The molecule has 0 saturated carbocycles. The zero-order chi connectivity index (χ0) is 13.1. The Morgan fingerprint density at radius 2 is 1.94 bits per heavy atom. The Morgan fingerprint density at radius 3 is 2.50 bits per heavy atom. The van der Waals surface area contributed by atoms with Crippen molar-refractivity contribution in [2.45, 2.75) is 38.5 Å². The molecule has 0 spiro atoms. The van der Waals surface area contributed by atoms with Gasteiger partial charge in [-0.05, 0) is 49.4 Å². The van der Waals surface area contributed by atoms with E-state index in [0.717, 1.165) is 37.1 Å². The summed E-state index contributed by atoms with van der Waals surface area (Å²) in [6.45, 7) is 6.18. The number of ether oxygens (including phenoxy) is 1. The molecule has 1 heterocycles. The van der Waals surface area contributed by atoms with Crippen LogP contribution in [0.15, 0.2) is 12.1 Å². The highest BCUT2D eigenvalue weighted by Crippen LogP contribution is 2.36. The van der Waals surface area contributed by atoms with Crippen LogP contribution in [0.25, 0.3) is 0 Å². The predicted octanol–water partition coefficient (Wildman–Crippen LogP) is 3.42. The summed E-state index contributed by atoms with van der Waals surface area (Å²) in [5.74, 6) is 0.962. The van der Waals surface area contributed by atoms with Crippen LogP contribution in [0.5, 0.6) is 5.75 Å². The molecule has 1 aromatic carbocycles. The summed E-state index contributed by atoms with van der Waals surface area (Å²) in [7, 11) is 1.55. The van der Waals surface area contributed by atoms with Gasteiger partial charge in [0.15, 0.2) is 11.6 Å². The van der Waals surface area contributed by atoms with Gasteiger partial charge in [0.2, 0.25) is 0 Å². The second kappa shape index (κ2) is 5.70. The standard InChI is InChI=1S/C15H22FNO/c1-10(2)12-8-13(11-4-6-17-7-5-11)15(18-3)14(16)9-12/h8-11,17H,4-7H2,1-3H3. The van der Waals surface area contributed by atoms with E-state index >= 15 is 0 Å². The van der Waals surface area contributed by atoms with Gasteiger partial charge >= 0.3 is 0 Å². The smallest absolute Gasteiger partial charge is 0.165 e. The van der Waals surface area contributed by atoms with Crippen molar-refractivity contribution in [3.8, 4) is 5.75 Å². The summed E-state index contributed by atoms with van der Waals surface area (Å²) in [5.41, 5.74) is 2.10. The van der Waals surface area contributed by atoms with Crippen molar-refractivity contribution in [3.05, 3.63) is 29.1 Å². The third-order valence-electron chi connectivity index (χ3n) is 3.74. The summed E-state index contributed by atoms with van der Waals surface area (Å²) < 4.78 is 19.4. The van der Waals surface area contributed by atoms with E-state index in [1.807, 2.05) is 0 Å². The first-order chi connectivity index (χ1) is 8.63. The number of hydrogen-bond acceptors (Lipinski definition) is 2. The van der Waals surface area contributed by atoms with Crippen LogP contribution < -0.4 is 10.1 Å². The molecule has 1 N–H and O–H groups in total. The third-order valence-corrected chi connectivity index (χ3v) is 3.74. The Bertz CT molecular complexity index is 411. The molecule has 1 aliphatic heterocycles. The number of methoxy groups -OCH3 is 1. The van der Waals surface area contributed by atoms with Gasteiger partial charge in [-0.15, -0.1) is 0 Å². The Labute approximate surface area is 109 Å². The van der Waals surface area contributed by atoms with Crippen molar-refractivity contribution >= 4 is 0 Å². The SMILES string of the molecule is COc1c(F)cc(C(C)C)cc1C1CCNCC1. The first-order valence-electron chi connectivity index (χ1n) is 6.71. The van der Waals surface area contributed by atoms with Crippen molar-refractivity contribution in [1.29, 1.82) is 0 Å². The van der Waals surface area contributed by atoms with Crippen molar-refractivity contribution in [2.24, 2.45) is 0 Å². The van der Waals surface area contributed by atoms with Crippen LogP contribution >= 0.6 is 0 Å². The lowest BCUT2D eigenvalue weighted by atomic mass is 9.87. The summed E-state index contributed by atoms with van der Waals surface area (Å²) in [4.78, 5) is 0. The van der Waals surface area contributed by atoms with Gasteiger partial charge in [0, 0.05) is 5.56 Å². The normalized spacial score (nSPS) is 17.2. The fourth-order valence-electron chi connectivity index (χ4n) is 2.62. The van der Waals surface area contributed by atoms with Gasteiger partial charge in [-0.1, -0.05) is 19.9 Å². The quantitative estimate of drug-likeness (QED) is 0.888. The molecule has 18 heavy (non-hydrogen) atoms. The van der Waals surface area contributed by atoms with Crippen LogP contribution in [0.2, 0.25) is 0 Å². The maximum absolute atomic E-state index is 14.1. The summed E-state index contributed by atoms with van der Waals surface area (Å²) in [6.07, 6.45) is 2.11. The van der Waals surface area contributed by atoms with Crippen LogP contribution in [0, 0.1) is 5.82 Å². The lowest BCUT2D eigenvalue weighted by molar-refractivity contribution is 0.367. The maximum Gasteiger partial charge on any atom is 0.165 e. The molecule has 0 bridgehead atoms. The summed E-state index contributed by atoms with van der Waals surface area (Å²) in [5, 5.41) is 3.34. The summed E-state index contributed by atoms with van der Waals surface area (Å²) in [6, 6.07) is 3.73. The van der Waals surface area contributed by atoms with E-state index in [9.17, 15) is 4.39 Å². The molecule has 0 radical (unpaired) electrons. The average Bonchev–Trinajstić information content (AvgIpc) is 2.38. The van der Waals surface area contributed by atoms with Crippen LogP contribution in [0.4, 0.5) is 4.39 Å². The van der Waals surface area contributed by atoms with Gasteiger partial charge in [0.05, 0.1) is 7.11 Å². The molecule has 1 saturated heterocycles. The molecular weight excluding hydrogens is 229 g/mol. The number of halogens is 1. The molecule has 100 valence electrons. The van der Waals surface area contributed by atoms with E-state index in [1.54, 1.807) is 13.2 Å². The minimum atomic E-state index is -0.225. The number of nitrogens with one attached hydrogen (secondary N) is 1. The number of rotatable bonds is 3. The van der Waals surface area contributed by atoms with E-state index in [1.165, 1.54) is 0 Å². The van der Waals surface area contributed by atoms with E-state index in [-0.39, 0.29) is 5.82 Å². The first-order valence-corrected chi connectivity index (χ1v) is 6.71. The molecule has 1 aliphatic rings. The van der Waals surface area contributed by atoms with Gasteiger partial charge in [-0.3, -0.25) is 0 Å². The van der Waals surface area contributed by atoms with Crippen molar-refractivity contribution in [3.63, 3.8) is 0 Å². The largest absolute Gasteiger partial charge is 0.493 e. The van der Waals surface area contributed by atoms with Crippen LogP contribution in [0.3, 0.4) is 0 Å². The molecule has 3 heteroatoms. The lowest BCUT2D eigenvalue weighted by Gasteiger charge is -2.25. The molecule has 0 unspecified atom stereocenters. The first kappa shape index (κ1) is 13.3. The molecular formula is C15H22FNO. The second-order valence-corrected chi connectivity index (χ2v) is 5.30. The van der Waals surface area contributed by atoms with Gasteiger partial charge in [-0.2, -0.15) is 0 Å². The highest BCUT2D eigenvalue weighted by molar-refractivity contribution is 5.42. The van der Waals surface area contributed by atoms with Gasteiger partial charge in [-0.25, -0.2) is 4.39 Å². The van der Waals surface area contributed by atoms with Crippen LogP contribution in [0.1, 0.15) is 49.7 Å². The third kappa shape index (κ3) is 2.66.